The van der Waals surface area contributed by atoms with Crippen LogP contribution < -0.4 is 20.5 Å². The molecule has 2 aliphatic rings. The fourth-order valence-electron chi connectivity index (χ4n) is 4.62. The van der Waals surface area contributed by atoms with Gasteiger partial charge in [-0.1, -0.05) is 11.6 Å². The number of amides is 3. The molecule has 2 unspecified atom stereocenters. The summed E-state index contributed by atoms with van der Waals surface area (Å²) in [7, 11) is 0. The van der Waals surface area contributed by atoms with Gasteiger partial charge >= 0.3 is 0 Å². The fraction of sp³-hybridized carbons (Fsp3) is 0.375. The van der Waals surface area contributed by atoms with Gasteiger partial charge in [0.05, 0.1) is 12.1 Å². The van der Waals surface area contributed by atoms with Crippen molar-refractivity contribution >= 4 is 29.3 Å². The van der Waals surface area contributed by atoms with Gasteiger partial charge in [-0.25, -0.2) is 4.39 Å². The first-order valence-corrected chi connectivity index (χ1v) is 11.4. The van der Waals surface area contributed by atoms with Crippen molar-refractivity contribution in [3.8, 4) is 11.5 Å². The van der Waals surface area contributed by atoms with Crippen LogP contribution in [0.2, 0.25) is 5.02 Å². The normalized spacial score (nSPS) is 21.1. The highest BCUT2D eigenvalue weighted by Gasteiger charge is 2.44. The van der Waals surface area contributed by atoms with Gasteiger partial charge in [0.25, 0.3) is 11.8 Å². The molecule has 2 fully saturated rings. The summed E-state index contributed by atoms with van der Waals surface area (Å²) in [6, 6.07) is 10.4. The molecular weight excluding hydrogens is 465 g/mol. The predicted molar refractivity (Wildman–Crippen MR) is 122 cm³/mol. The molecule has 0 aromatic heterocycles. The molecule has 2 atom stereocenters. The molecule has 2 bridgehead atoms. The zero-order valence-electron chi connectivity index (χ0n) is 18.3. The number of piperidine rings is 1. The molecule has 10 heteroatoms. The largest absolute Gasteiger partial charge is 0.490 e. The number of hydrogen-bond acceptors (Lipinski definition) is 5. The maximum Gasteiger partial charge on any atom is 0.261 e. The van der Waals surface area contributed by atoms with Crippen LogP contribution >= 0.6 is 11.6 Å². The summed E-state index contributed by atoms with van der Waals surface area (Å²) < 4.78 is 24.9. The van der Waals surface area contributed by atoms with Crippen LogP contribution in [-0.4, -0.2) is 54.0 Å². The number of nitrogens with two attached hydrogens (primary N) is 1. The second-order valence-corrected chi connectivity index (χ2v) is 8.87. The lowest BCUT2D eigenvalue weighted by Crippen LogP contribution is -2.50. The Morgan fingerprint density at radius 3 is 2.41 bits per heavy atom. The smallest absolute Gasteiger partial charge is 0.261 e. The van der Waals surface area contributed by atoms with E-state index in [0.717, 1.165) is 12.8 Å². The molecule has 0 aliphatic carbocycles. The van der Waals surface area contributed by atoms with Crippen LogP contribution in [0, 0.1) is 5.82 Å². The van der Waals surface area contributed by atoms with Gasteiger partial charge in [-0.15, -0.1) is 0 Å². The summed E-state index contributed by atoms with van der Waals surface area (Å²) in [5.41, 5.74) is 5.18. The summed E-state index contributed by atoms with van der Waals surface area (Å²) in [5.74, 6) is -0.966. The SMILES string of the molecule is NC(=O)CNC(=O)c1cc(Cl)ccc1OCC(=O)N1C2CCC1CC(Oc1ccc(F)cc1)C2. The van der Waals surface area contributed by atoms with Gasteiger partial charge < -0.3 is 25.4 Å². The standard InChI is InChI=1S/C24H25ClFN3O5/c25-14-1-8-21(20(9-14)24(32)28-12-22(27)30)33-13-23(31)29-16-4-5-17(29)11-19(10-16)34-18-6-2-15(26)3-7-18/h1-3,6-9,16-17,19H,4-5,10-13H2,(H2,27,30)(H,28,32). The number of fused-ring (bicyclic) bond motifs is 2. The average molecular weight is 490 g/mol. The summed E-state index contributed by atoms with van der Waals surface area (Å²) in [5, 5.41) is 2.70. The molecule has 2 aromatic carbocycles. The van der Waals surface area contributed by atoms with Crippen molar-refractivity contribution in [3.05, 3.63) is 58.9 Å². The van der Waals surface area contributed by atoms with E-state index in [1.807, 2.05) is 4.90 Å². The monoisotopic (exact) mass is 489 g/mol. The third-order valence-electron chi connectivity index (χ3n) is 6.05. The highest BCUT2D eigenvalue weighted by Crippen LogP contribution is 2.37. The zero-order valence-corrected chi connectivity index (χ0v) is 19.1. The number of benzene rings is 2. The first-order chi connectivity index (χ1) is 16.3. The van der Waals surface area contributed by atoms with Crippen molar-refractivity contribution in [3.63, 3.8) is 0 Å². The van der Waals surface area contributed by atoms with Crippen molar-refractivity contribution in [2.24, 2.45) is 5.73 Å². The Morgan fingerprint density at radius 2 is 1.76 bits per heavy atom. The Labute approximate surface area is 201 Å². The third-order valence-corrected chi connectivity index (χ3v) is 6.29. The quantitative estimate of drug-likeness (QED) is 0.592. The topological polar surface area (TPSA) is 111 Å². The molecular formula is C24H25ClFN3O5. The van der Waals surface area contributed by atoms with Crippen LogP contribution in [0.25, 0.3) is 0 Å². The van der Waals surface area contributed by atoms with Crippen LogP contribution in [-0.2, 0) is 9.59 Å². The number of nitrogens with one attached hydrogen (secondary N) is 1. The fourth-order valence-corrected chi connectivity index (χ4v) is 4.79. The maximum absolute atomic E-state index is 13.1. The molecule has 8 nitrogen and oxygen atoms in total. The van der Waals surface area contributed by atoms with Crippen LogP contribution in [0.1, 0.15) is 36.0 Å². The van der Waals surface area contributed by atoms with Crippen molar-refractivity contribution in [1.29, 1.82) is 0 Å². The molecule has 2 saturated heterocycles. The number of hydrogen-bond donors (Lipinski definition) is 2. The van der Waals surface area contributed by atoms with E-state index in [0.29, 0.717) is 23.6 Å². The van der Waals surface area contributed by atoms with E-state index in [1.54, 1.807) is 18.2 Å². The van der Waals surface area contributed by atoms with Gasteiger partial charge in [-0.2, -0.15) is 0 Å². The molecule has 180 valence electrons. The number of nitrogens with zero attached hydrogens (tertiary/aromatic N) is 1. The van der Waals surface area contributed by atoms with Crippen LogP contribution in [0.3, 0.4) is 0 Å². The summed E-state index contributed by atoms with van der Waals surface area (Å²) in [6.45, 7) is -0.573. The second-order valence-electron chi connectivity index (χ2n) is 8.43. The first kappa shape index (κ1) is 23.8. The molecule has 3 amide bonds. The molecule has 0 saturated carbocycles. The number of carbonyl (C=O) groups excluding carboxylic acids is 3. The minimum atomic E-state index is -0.685. The molecule has 2 heterocycles. The Kier molecular flexibility index (Phi) is 7.21. The van der Waals surface area contributed by atoms with Gasteiger partial charge in [0.15, 0.2) is 6.61 Å². The Balaban J connectivity index is 1.36. The minimum Gasteiger partial charge on any atom is -0.490 e. The van der Waals surface area contributed by atoms with Crippen molar-refractivity contribution < 1.29 is 28.2 Å². The summed E-state index contributed by atoms with van der Waals surface area (Å²) in [4.78, 5) is 38.2. The molecule has 0 radical (unpaired) electrons. The van der Waals surface area contributed by atoms with E-state index in [4.69, 9.17) is 26.8 Å². The number of halogens is 2. The summed E-state index contributed by atoms with van der Waals surface area (Å²) >= 11 is 6.00. The van der Waals surface area contributed by atoms with Crippen molar-refractivity contribution in [2.45, 2.75) is 43.9 Å². The van der Waals surface area contributed by atoms with Crippen LogP contribution in [0.15, 0.2) is 42.5 Å². The van der Waals surface area contributed by atoms with E-state index in [2.05, 4.69) is 5.32 Å². The lowest BCUT2D eigenvalue weighted by molar-refractivity contribution is -0.139. The average Bonchev–Trinajstić information content (AvgIpc) is 3.08. The maximum atomic E-state index is 13.1. The highest BCUT2D eigenvalue weighted by atomic mass is 35.5. The Hall–Kier alpha value is -3.33. The van der Waals surface area contributed by atoms with Gasteiger partial charge in [-0.05, 0) is 55.3 Å². The number of primary amides is 1. The molecule has 34 heavy (non-hydrogen) atoms. The molecule has 0 spiro atoms. The Bertz CT molecular complexity index is 1070. The van der Waals surface area contributed by atoms with Gasteiger partial charge in [0.1, 0.15) is 23.4 Å². The minimum absolute atomic E-state index is 0.0313. The van der Waals surface area contributed by atoms with Crippen LogP contribution in [0.4, 0.5) is 4.39 Å². The van der Waals surface area contributed by atoms with E-state index < -0.39 is 11.8 Å². The molecule has 3 N–H and O–H groups in total. The lowest BCUT2D eigenvalue weighted by atomic mass is 9.99. The van der Waals surface area contributed by atoms with Gasteiger partial charge in [-0.3, -0.25) is 14.4 Å². The third kappa shape index (κ3) is 5.59. The molecule has 2 aliphatic heterocycles. The van der Waals surface area contributed by atoms with Crippen LogP contribution in [0.5, 0.6) is 11.5 Å². The van der Waals surface area contributed by atoms with E-state index in [-0.39, 0.29) is 54.4 Å². The van der Waals surface area contributed by atoms with E-state index in [9.17, 15) is 18.8 Å². The number of carbonyl (C=O) groups is 3. The van der Waals surface area contributed by atoms with Crippen molar-refractivity contribution in [2.75, 3.05) is 13.2 Å². The molecule has 4 rings (SSSR count). The number of ether oxygens (including phenoxy) is 2. The van der Waals surface area contributed by atoms with Gasteiger partial charge in [0.2, 0.25) is 5.91 Å². The lowest BCUT2D eigenvalue weighted by Gasteiger charge is -2.38. The highest BCUT2D eigenvalue weighted by molar-refractivity contribution is 6.31. The van der Waals surface area contributed by atoms with E-state index >= 15 is 0 Å². The van der Waals surface area contributed by atoms with Crippen molar-refractivity contribution in [1.82, 2.24) is 10.2 Å². The molecule has 2 aromatic rings. The zero-order chi connectivity index (χ0) is 24.2. The first-order valence-electron chi connectivity index (χ1n) is 11.0. The Morgan fingerprint density at radius 1 is 1.09 bits per heavy atom. The second kappa shape index (κ2) is 10.3. The van der Waals surface area contributed by atoms with Gasteiger partial charge in [0, 0.05) is 29.9 Å². The van der Waals surface area contributed by atoms with E-state index in [1.165, 1.54) is 24.3 Å². The number of rotatable bonds is 8. The summed E-state index contributed by atoms with van der Waals surface area (Å²) in [6.07, 6.45) is 3.07. The predicted octanol–water partition coefficient (Wildman–Crippen LogP) is 2.67.